The van der Waals surface area contributed by atoms with Crippen molar-refractivity contribution in [3.05, 3.63) is 41.2 Å². The highest BCUT2D eigenvalue weighted by atomic mass is 79.9. The molecule has 0 radical (unpaired) electrons. The lowest BCUT2D eigenvalue weighted by molar-refractivity contribution is 0.618. The molecule has 0 heterocycles. The average Bonchev–Trinajstić information content (AvgIpc) is 2.12. The predicted octanol–water partition coefficient (Wildman–Crippen LogP) is 3.93. The number of alkyl halides is 1. The molecular weight excluding hydrogens is 231 g/mol. The molecule has 0 saturated carbocycles. The molecule has 0 amide bonds. The Balaban J connectivity index is 2.73. The molecule has 0 N–H and O–H groups in total. The van der Waals surface area contributed by atoms with Crippen molar-refractivity contribution in [2.24, 2.45) is 0 Å². The van der Waals surface area contributed by atoms with Crippen LogP contribution in [0.15, 0.2) is 24.3 Å². The average molecular weight is 243 g/mol. The maximum absolute atomic E-state index is 12.9. The zero-order valence-electron chi connectivity index (χ0n) is 7.56. The number of rotatable bonds is 3. The molecule has 1 aromatic carbocycles. The van der Waals surface area contributed by atoms with Crippen LogP contribution in [0.5, 0.6) is 0 Å². The van der Waals surface area contributed by atoms with Gasteiger partial charge >= 0.3 is 0 Å². The molecule has 0 bridgehead atoms. The Morgan fingerprint density at radius 3 is 2.85 bits per heavy atom. The van der Waals surface area contributed by atoms with Gasteiger partial charge in [-0.1, -0.05) is 34.1 Å². The summed E-state index contributed by atoms with van der Waals surface area (Å²) >= 11 is 3.34. The number of benzene rings is 1. The number of allylic oxidation sites excluding steroid dienone is 1. The van der Waals surface area contributed by atoms with Gasteiger partial charge in [0.1, 0.15) is 5.82 Å². The van der Waals surface area contributed by atoms with E-state index in [9.17, 15) is 4.39 Å². The van der Waals surface area contributed by atoms with Crippen molar-refractivity contribution in [3.63, 3.8) is 0 Å². The van der Waals surface area contributed by atoms with E-state index in [0.717, 1.165) is 17.3 Å². The summed E-state index contributed by atoms with van der Waals surface area (Å²) in [4.78, 5) is 0. The van der Waals surface area contributed by atoms with Crippen molar-refractivity contribution >= 4 is 22.0 Å². The van der Waals surface area contributed by atoms with Gasteiger partial charge in [0.25, 0.3) is 0 Å². The van der Waals surface area contributed by atoms with Crippen LogP contribution in [0, 0.1) is 12.7 Å². The number of halogens is 2. The third kappa shape index (κ3) is 3.31. The van der Waals surface area contributed by atoms with Crippen LogP contribution in [0.2, 0.25) is 0 Å². The highest BCUT2D eigenvalue weighted by Crippen LogP contribution is 2.10. The van der Waals surface area contributed by atoms with Crippen LogP contribution < -0.4 is 0 Å². The Labute approximate surface area is 86.6 Å². The van der Waals surface area contributed by atoms with E-state index in [1.165, 1.54) is 6.07 Å². The summed E-state index contributed by atoms with van der Waals surface area (Å²) in [5.41, 5.74) is 1.75. The molecule has 13 heavy (non-hydrogen) atoms. The zero-order valence-corrected chi connectivity index (χ0v) is 9.14. The third-order valence-corrected chi connectivity index (χ3v) is 2.23. The van der Waals surface area contributed by atoms with Crippen LogP contribution in [0.3, 0.4) is 0 Å². The Morgan fingerprint density at radius 1 is 1.46 bits per heavy atom. The summed E-state index contributed by atoms with van der Waals surface area (Å²) in [6, 6.07) is 5.14. The van der Waals surface area contributed by atoms with Gasteiger partial charge in [-0.2, -0.15) is 0 Å². The van der Waals surface area contributed by atoms with Gasteiger partial charge in [0.2, 0.25) is 0 Å². The van der Waals surface area contributed by atoms with Gasteiger partial charge in [-0.25, -0.2) is 4.39 Å². The molecular formula is C11H12BrF. The van der Waals surface area contributed by atoms with Crippen molar-refractivity contribution in [2.45, 2.75) is 13.3 Å². The number of hydrogen-bond acceptors (Lipinski definition) is 0. The van der Waals surface area contributed by atoms with Crippen molar-refractivity contribution < 1.29 is 4.39 Å². The first-order valence-electron chi connectivity index (χ1n) is 4.22. The molecule has 0 atom stereocenters. The molecule has 0 aliphatic carbocycles. The molecule has 0 aromatic heterocycles. The first-order chi connectivity index (χ1) is 6.24. The van der Waals surface area contributed by atoms with Gasteiger partial charge < -0.3 is 0 Å². The minimum atomic E-state index is -0.141. The molecule has 0 aliphatic heterocycles. The molecule has 1 aromatic rings. The van der Waals surface area contributed by atoms with E-state index in [1.807, 2.05) is 12.1 Å². The molecule has 0 saturated heterocycles. The van der Waals surface area contributed by atoms with E-state index in [2.05, 4.69) is 22.0 Å². The largest absolute Gasteiger partial charge is 0.207 e. The molecule has 0 nitrogen and oxygen atoms in total. The quantitative estimate of drug-likeness (QED) is 0.705. The van der Waals surface area contributed by atoms with E-state index < -0.39 is 0 Å². The summed E-state index contributed by atoms with van der Waals surface area (Å²) < 4.78 is 12.9. The van der Waals surface area contributed by atoms with E-state index in [-0.39, 0.29) is 5.82 Å². The maximum Gasteiger partial charge on any atom is 0.126 e. The van der Waals surface area contributed by atoms with Crippen LogP contribution in [0.4, 0.5) is 4.39 Å². The molecule has 2 heteroatoms. The van der Waals surface area contributed by atoms with Crippen LogP contribution in [0.1, 0.15) is 17.5 Å². The van der Waals surface area contributed by atoms with Crippen LogP contribution in [-0.2, 0) is 0 Å². The Hall–Kier alpha value is -0.630. The fourth-order valence-corrected chi connectivity index (χ4v) is 1.32. The lowest BCUT2D eigenvalue weighted by atomic mass is 10.1. The van der Waals surface area contributed by atoms with Gasteiger partial charge in [0, 0.05) is 5.33 Å². The number of aryl methyl sites for hydroxylation is 1. The lowest BCUT2D eigenvalue weighted by Gasteiger charge is -1.97. The topological polar surface area (TPSA) is 0 Å². The highest BCUT2D eigenvalue weighted by molar-refractivity contribution is 9.09. The summed E-state index contributed by atoms with van der Waals surface area (Å²) in [7, 11) is 0. The van der Waals surface area contributed by atoms with E-state index in [0.29, 0.717) is 5.56 Å². The second-order valence-corrected chi connectivity index (χ2v) is 3.68. The monoisotopic (exact) mass is 242 g/mol. The van der Waals surface area contributed by atoms with Crippen molar-refractivity contribution in [1.29, 1.82) is 0 Å². The number of hydrogen-bond donors (Lipinski definition) is 0. The second kappa shape index (κ2) is 5.18. The van der Waals surface area contributed by atoms with Gasteiger partial charge in [0.15, 0.2) is 0 Å². The van der Waals surface area contributed by atoms with Crippen LogP contribution in [-0.4, -0.2) is 5.33 Å². The van der Waals surface area contributed by atoms with Crippen molar-refractivity contribution in [2.75, 3.05) is 5.33 Å². The van der Waals surface area contributed by atoms with E-state index in [4.69, 9.17) is 0 Å². The molecule has 1 rings (SSSR count). The molecule has 0 fully saturated rings. The first-order valence-corrected chi connectivity index (χ1v) is 5.35. The highest BCUT2D eigenvalue weighted by Gasteiger charge is 1.95. The first kappa shape index (κ1) is 10.5. The fraction of sp³-hybridized carbons (Fsp3) is 0.273. The second-order valence-electron chi connectivity index (χ2n) is 2.89. The van der Waals surface area contributed by atoms with Crippen molar-refractivity contribution in [3.8, 4) is 0 Å². The summed E-state index contributed by atoms with van der Waals surface area (Å²) in [6.45, 7) is 1.77. The minimum absolute atomic E-state index is 0.141. The minimum Gasteiger partial charge on any atom is -0.207 e. The SMILES string of the molecule is Cc1cc(/C=C/CCBr)ccc1F. The molecule has 0 spiro atoms. The summed E-state index contributed by atoms with van der Waals surface area (Å²) in [5, 5.41) is 0.962. The smallest absolute Gasteiger partial charge is 0.126 e. The van der Waals surface area contributed by atoms with Crippen LogP contribution >= 0.6 is 15.9 Å². The maximum atomic E-state index is 12.9. The fourth-order valence-electron chi connectivity index (χ4n) is 1.05. The third-order valence-electron chi connectivity index (χ3n) is 1.77. The normalized spacial score (nSPS) is 11.0. The lowest BCUT2D eigenvalue weighted by Crippen LogP contribution is -1.82. The summed E-state index contributed by atoms with van der Waals surface area (Å²) in [6.07, 6.45) is 5.07. The van der Waals surface area contributed by atoms with Crippen LogP contribution in [0.25, 0.3) is 6.08 Å². The van der Waals surface area contributed by atoms with E-state index >= 15 is 0 Å². The Bertz CT molecular complexity index is 305. The van der Waals surface area contributed by atoms with E-state index in [1.54, 1.807) is 13.0 Å². The standard InChI is InChI=1S/C11H12BrF/c1-9-8-10(4-2-3-7-12)5-6-11(9)13/h2,4-6,8H,3,7H2,1H3/b4-2+. The van der Waals surface area contributed by atoms with Gasteiger partial charge in [-0.15, -0.1) is 0 Å². The predicted molar refractivity (Wildman–Crippen MR) is 58.6 cm³/mol. The Kier molecular flexibility index (Phi) is 4.16. The van der Waals surface area contributed by atoms with Gasteiger partial charge in [-0.3, -0.25) is 0 Å². The zero-order chi connectivity index (χ0) is 9.68. The van der Waals surface area contributed by atoms with Gasteiger partial charge in [-0.05, 0) is 36.6 Å². The summed E-state index contributed by atoms with van der Waals surface area (Å²) in [5.74, 6) is -0.141. The van der Waals surface area contributed by atoms with Crippen molar-refractivity contribution in [1.82, 2.24) is 0 Å². The molecule has 70 valence electrons. The molecule has 0 aliphatic rings. The Morgan fingerprint density at radius 2 is 2.23 bits per heavy atom. The van der Waals surface area contributed by atoms with Gasteiger partial charge in [0.05, 0.1) is 0 Å². The molecule has 0 unspecified atom stereocenters.